The molecule has 1 saturated heterocycles. The number of halogens is 1. The lowest BCUT2D eigenvalue weighted by molar-refractivity contribution is -0.139. The van der Waals surface area contributed by atoms with Crippen LogP contribution in [0.25, 0.3) is 0 Å². The van der Waals surface area contributed by atoms with Gasteiger partial charge < -0.3 is 9.84 Å². The number of hydrogen-bond donors (Lipinski definition) is 1. The van der Waals surface area contributed by atoms with E-state index in [9.17, 15) is 4.79 Å². The number of benzene rings is 1. The largest absolute Gasteiger partial charge is 0.495 e. The Kier molecular flexibility index (Phi) is 3.15. The zero-order valence-electron chi connectivity index (χ0n) is 10.7. The van der Waals surface area contributed by atoms with Gasteiger partial charge in [0, 0.05) is 19.6 Å². The number of nitrogens with zero attached hydrogens (tertiary/aromatic N) is 1. The van der Waals surface area contributed by atoms with E-state index in [1.807, 2.05) is 18.2 Å². The molecule has 1 saturated carbocycles. The minimum atomic E-state index is -0.637. The fourth-order valence-corrected chi connectivity index (χ4v) is 3.46. The Bertz CT molecular complexity index is 507. The molecule has 2 aliphatic rings. The summed E-state index contributed by atoms with van der Waals surface area (Å²) < 4.78 is 5.12. The van der Waals surface area contributed by atoms with E-state index in [2.05, 4.69) is 4.90 Å². The average molecular weight is 282 g/mol. The fourth-order valence-electron chi connectivity index (χ4n) is 3.18. The van der Waals surface area contributed by atoms with E-state index < -0.39 is 5.97 Å². The molecule has 1 N–H and O–H groups in total. The average Bonchev–Trinajstić information content (AvgIpc) is 2.88. The number of ether oxygens (including phenoxy) is 1. The van der Waals surface area contributed by atoms with Gasteiger partial charge in [-0.2, -0.15) is 0 Å². The van der Waals surface area contributed by atoms with Crippen molar-refractivity contribution in [1.82, 2.24) is 4.90 Å². The third-order valence-corrected chi connectivity index (χ3v) is 4.47. The highest BCUT2D eigenvalue weighted by atomic mass is 35.5. The minimum absolute atomic E-state index is 0.101. The summed E-state index contributed by atoms with van der Waals surface area (Å²) in [6, 6.07) is 5.79. The van der Waals surface area contributed by atoms with Gasteiger partial charge >= 0.3 is 5.97 Å². The van der Waals surface area contributed by atoms with Crippen LogP contribution in [0, 0.1) is 17.8 Å². The van der Waals surface area contributed by atoms with Crippen molar-refractivity contribution in [1.29, 1.82) is 0 Å². The molecule has 0 aromatic heterocycles. The van der Waals surface area contributed by atoms with E-state index in [1.54, 1.807) is 7.11 Å². The standard InChI is InChI=1S/C14H16ClNO3/c1-19-12-3-2-8(4-11(12)15)5-16-6-9-10(7-16)13(9)14(17)18/h2-4,9-10,13H,5-7H2,1H3,(H,17,18)/t9-,10+,13?. The van der Waals surface area contributed by atoms with E-state index in [1.165, 1.54) is 0 Å². The van der Waals surface area contributed by atoms with Crippen molar-refractivity contribution in [2.75, 3.05) is 20.2 Å². The zero-order chi connectivity index (χ0) is 13.6. The molecule has 0 amide bonds. The van der Waals surface area contributed by atoms with Crippen LogP contribution in [-0.4, -0.2) is 36.2 Å². The third kappa shape index (κ3) is 2.30. The normalized spacial score (nSPS) is 29.1. The number of carboxylic acid groups (broad SMARTS) is 1. The number of piperidine rings is 1. The second-order valence-electron chi connectivity index (χ2n) is 5.35. The van der Waals surface area contributed by atoms with E-state index in [0.29, 0.717) is 22.6 Å². The number of methoxy groups -OCH3 is 1. The fraction of sp³-hybridized carbons (Fsp3) is 0.500. The summed E-state index contributed by atoms with van der Waals surface area (Å²) >= 11 is 6.10. The Morgan fingerprint density at radius 1 is 1.47 bits per heavy atom. The molecule has 1 aliphatic carbocycles. The molecule has 5 heteroatoms. The summed E-state index contributed by atoms with van der Waals surface area (Å²) in [7, 11) is 1.60. The van der Waals surface area contributed by atoms with E-state index in [4.69, 9.17) is 21.4 Å². The van der Waals surface area contributed by atoms with Crippen molar-refractivity contribution >= 4 is 17.6 Å². The summed E-state index contributed by atoms with van der Waals surface area (Å²) in [6.45, 7) is 2.58. The molecule has 1 heterocycles. The molecule has 1 unspecified atom stereocenters. The van der Waals surface area contributed by atoms with Gasteiger partial charge in [0.25, 0.3) is 0 Å². The molecular formula is C14H16ClNO3. The maximum absolute atomic E-state index is 10.9. The van der Waals surface area contributed by atoms with Crippen LogP contribution < -0.4 is 4.74 Å². The van der Waals surface area contributed by atoms with Gasteiger partial charge in [-0.1, -0.05) is 17.7 Å². The van der Waals surface area contributed by atoms with Crippen LogP contribution in [0.1, 0.15) is 5.56 Å². The van der Waals surface area contributed by atoms with E-state index >= 15 is 0 Å². The van der Waals surface area contributed by atoms with Gasteiger partial charge in [-0.15, -0.1) is 0 Å². The van der Waals surface area contributed by atoms with Crippen molar-refractivity contribution in [3.8, 4) is 5.75 Å². The van der Waals surface area contributed by atoms with Gasteiger partial charge in [0.15, 0.2) is 0 Å². The lowest BCUT2D eigenvalue weighted by atomic mass is 10.2. The summed E-state index contributed by atoms with van der Waals surface area (Å²) in [5.41, 5.74) is 1.14. The number of carbonyl (C=O) groups is 1. The molecular weight excluding hydrogens is 266 g/mol. The number of aliphatic carboxylic acids is 1. The van der Waals surface area contributed by atoms with Crippen molar-refractivity contribution in [2.45, 2.75) is 6.54 Å². The quantitative estimate of drug-likeness (QED) is 0.918. The first kappa shape index (κ1) is 12.8. The molecule has 1 aromatic carbocycles. The monoisotopic (exact) mass is 281 g/mol. The third-order valence-electron chi connectivity index (χ3n) is 4.18. The molecule has 3 rings (SSSR count). The Balaban J connectivity index is 1.60. The van der Waals surface area contributed by atoms with Crippen molar-refractivity contribution < 1.29 is 14.6 Å². The van der Waals surface area contributed by atoms with Crippen molar-refractivity contribution in [2.24, 2.45) is 17.8 Å². The first-order chi connectivity index (χ1) is 9.10. The van der Waals surface area contributed by atoms with Crippen LogP contribution >= 0.6 is 11.6 Å². The number of rotatable bonds is 4. The molecule has 19 heavy (non-hydrogen) atoms. The van der Waals surface area contributed by atoms with Crippen LogP contribution in [0.5, 0.6) is 5.75 Å². The van der Waals surface area contributed by atoms with Crippen molar-refractivity contribution in [3.63, 3.8) is 0 Å². The maximum Gasteiger partial charge on any atom is 0.307 e. The Morgan fingerprint density at radius 2 is 2.16 bits per heavy atom. The number of likely N-dealkylation sites (tertiary alicyclic amines) is 1. The maximum atomic E-state index is 10.9. The molecule has 0 bridgehead atoms. The molecule has 2 fully saturated rings. The number of carboxylic acids is 1. The summed E-state index contributed by atoms with van der Waals surface area (Å²) in [6.07, 6.45) is 0. The number of hydrogen-bond acceptors (Lipinski definition) is 3. The second-order valence-corrected chi connectivity index (χ2v) is 5.76. The molecule has 3 atom stereocenters. The number of fused-ring (bicyclic) bond motifs is 1. The van der Waals surface area contributed by atoms with Crippen LogP contribution in [-0.2, 0) is 11.3 Å². The highest BCUT2D eigenvalue weighted by molar-refractivity contribution is 6.32. The van der Waals surface area contributed by atoms with E-state index in [-0.39, 0.29) is 5.92 Å². The molecule has 0 spiro atoms. The lowest BCUT2D eigenvalue weighted by Crippen LogP contribution is -2.25. The topological polar surface area (TPSA) is 49.8 Å². The lowest BCUT2D eigenvalue weighted by Gasteiger charge is -2.19. The van der Waals surface area contributed by atoms with Gasteiger partial charge in [0.2, 0.25) is 0 Å². The van der Waals surface area contributed by atoms with Crippen LogP contribution in [0.4, 0.5) is 0 Å². The summed E-state index contributed by atoms with van der Waals surface area (Å²) in [5.74, 6) is 0.649. The van der Waals surface area contributed by atoms with Crippen LogP contribution in [0.15, 0.2) is 18.2 Å². The SMILES string of the molecule is COc1ccc(CN2C[C@@H]3C(C(=O)O)[C@@H]3C2)cc1Cl. The van der Waals surface area contributed by atoms with Gasteiger partial charge in [0.05, 0.1) is 18.1 Å². The second kappa shape index (κ2) is 4.69. The zero-order valence-corrected chi connectivity index (χ0v) is 11.4. The highest BCUT2D eigenvalue weighted by Gasteiger charge is 2.59. The predicted molar refractivity (Wildman–Crippen MR) is 71.4 cm³/mol. The molecule has 0 radical (unpaired) electrons. The minimum Gasteiger partial charge on any atom is -0.495 e. The Hall–Kier alpha value is -1.26. The highest BCUT2D eigenvalue weighted by Crippen LogP contribution is 2.52. The Morgan fingerprint density at radius 3 is 2.68 bits per heavy atom. The first-order valence-electron chi connectivity index (χ1n) is 6.37. The predicted octanol–water partition coefficient (Wildman–Crippen LogP) is 2.11. The van der Waals surface area contributed by atoms with Gasteiger partial charge in [-0.3, -0.25) is 9.69 Å². The smallest absolute Gasteiger partial charge is 0.307 e. The summed E-state index contributed by atoms with van der Waals surface area (Å²) in [4.78, 5) is 13.2. The van der Waals surface area contributed by atoms with E-state index in [0.717, 1.165) is 25.2 Å². The Labute approximate surface area is 116 Å². The molecule has 4 nitrogen and oxygen atoms in total. The molecule has 1 aromatic rings. The first-order valence-corrected chi connectivity index (χ1v) is 6.75. The van der Waals surface area contributed by atoms with Gasteiger partial charge in [-0.25, -0.2) is 0 Å². The van der Waals surface area contributed by atoms with Crippen LogP contribution in [0.2, 0.25) is 5.02 Å². The van der Waals surface area contributed by atoms with Crippen LogP contribution in [0.3, 0.4) is 0 Å². The summed E-state index contributed by atoms with van der Waals surface area (Å²) in [5, 5.41) is 9.60. The molecule has 1 aliphatic heterocycles. The van der Waals surface area contributed by atoms with Gasteiger partial charge in [0.1, 0.15) is 5.75 Å². The van der Waals surface area contributed by atoms with Crippen molar-refractivity contribution in [3.05, 3.63) is 28.8 Å². The molecule has 102 valence electrons. The van der Waals surface area contributed by atoms with Gasteiger partial charge in [-0.05, 0) is 29.5 Å².